The van der Waals surface area contributed by atoms with Crippen molar-refractivity contribution in [3.63, 3.8) is 0 Å². The minimum absolute atomic E-state index is 0.0853. The Bertz CT molecular complexity index is 988. The summed E-state index contributed by atoms with van der Waals surface area (Å²) in [7, 11) is 0. The number of nitrogens with zero attached hydrogens (tertiary/aromatic N) is 4. The van der Waals surface area contributed by atoms with Gasteiger partial charge in [-0.05, 0) is 51.3 Å². The van der Waals surface area contributed by atoms with Crippen LogP contribution in [0, 0.1) is 13.8 Å². The molecule has 0 aliphatic carbocycles. The SMILES string of the molecule is CCOc1ccc(OCCNC(=O)Cc2c(C)nc3nc(SC)nn3c2C)cc1. The van der Waals surface area contributed by atoms with Crippen molar-refractivity contribution < 1.29 is 14.3 Å². The standard InChI is InChI=1S/C20H25N5O3S/c1-5-27-15-6-8-16(9-7-15)28-11-10-21-18(26)12-17-13(2)22-19-23-20(29-4)24-25(19)14(17)3/h6-9H,5,10-12H2,1-4H3,(H,21,26). The van der Waals surface area contributed by atoms with Gasteiger partial charge < -0.3 is 14.8 Å². The van der Waals surface area contributed by atoms with Gasteiger partial charge in [-0.3, -0.25) is 4.79 Å². The second-order valence-corrected chi connectivity index (χ2v) is 7.12. The quantitative estimate of drug-likeness (QED) is 0.424. The number of rotatable bonds is 9. The maximum atomic E-state index is 12.4. The molecule has 0 aliphatic rings. The van der Waals surface area contributed by atoms with E-state index in [2.05, 4.69) is 20.4 Å². The van der Waals surface area contributed by atoms with Gasteiger partial charge in [0.2, 0.25) is 11.1 Å². The zero-order valence-electron chi connectivity index (χ0n) is 17.1. The maximum absolute atomic E-state index is 12.4. The third-order valence-electron chi connectivity index (χ3n) is 4.38. The Labute approximate surface area is 174 Å². The van der Waals surface area contributed by atoms with Crippen LogP contribution in [0.4, 0.5) is 0 Å². The lowest BCUT2D eigenvalue weighted by molar-refractivity contribution is -0.120. The van der Waals surface area contributed by atoms with E-state index < -0.39 is 0 Å². The predicted octanol–water partition coefficient (Wildman–Crippen LogP) is 2.60. The summed E-state index contributed by atoms with van der Waals surface area (Å²) in [6.07, 6.45) is 2.15. The van der Waals surface area contributed by atoms with Crippen LogP contribution in [0.5, 0.6) is 11.5 Å². The summed E-state index contributed by atoms with van der Waals surface area (Å²) in [4.78, 5) is 21.2. The highest BCUT2D eigenvalue weighted by Gasteiger charge is 2.15. The van der Waals surface area contributed by atoms with Gasteiger partial charge in [0, 0.05) is 17.0 Å². The minimum Gasteiger partial charge on any atom is -0.494 e. The third kappa shape index (κ3) is 5.17. The molecule has 0 atom stereocenters. The molecular weight excluding hydrogens is 390 g/mol. The highest BCUT2D eigenvalue weighted by Crippen LogP contribution is 2.18. The van der Waals surface area contributed by atoms with E-state index in [-0.39, 0.29) is 12.3 Å². The lowest BCUT2D eigenvalue weighted by Crippen LogP contribution is -2.30. The van der Waals surface area contributed by atoms with E-state index >= 15 is 0 Å². The predicted molar refractivity (Wildman–Crippen MR) is 112 cm³/mol. The topological polar surface area (TPSA) is 90.6 Å². The van der Waals surface area contributed by atoms with Crippen molar-refractivity contribution in [2.45, 2.75) is 32.3 Å². The number of aryl methyl sites for hydroxylation is 2. The first-order valence-corrected chi connectivity index (χ1v) is 10.6. The molecule has 0 radical (unpaired) electrons. The van der Waals surface area contributed by atoms with E-state index in [4.69, 9.17) is 9.47 Å². The number of carbonyl (C=O) groups is 1. The fraction of sp³-hybridized carbons (Fsp3) is 0.400. The van der Waals surface area contributed by atoms with Gasteiger partial charge in [0.1, 0.15) is 18.1 Å². The van der Waals surface area contributed by atoms with Crippen LogP contribution in [0.1, 0.15) is 23.9 Å². The molecule has 29 heavy (non-hydrogen) atoms. The Morgan fingerprint density at radius 2 is 1.83 bits per heavy atom. The van der Waals surface area contributed by atoms with E-state index in [1.807, 2.05) is 51.3 Å². The zero-order valence-corrected chi connectivity index (χ0v) is 17.9. The van der Waals surface area contributed by atoms with Crippen LogP contribution in [0.15, 0.2) is 29.4 Å². The summed E-state index contributed by atoms with van der Waals surface area (Å²) in [5, 5.41) is 7.96. The number of hydrogen-bond acceptors (Lipinski definition) is 7. The number of ether oxygens (including phenoxy) is 2. The second-order valence-electron chi connectivity index (χ2n) is 6.35. The molecule has 1 aromatic carbocycles. The number of aromatic nitrogens is 4. The Morgan fingerprint density at radius 3 is 2.48 bits per heavy atom. The van der Waals surface area contributed by atoms with Gasteiger partial charge in [-0.25, -0.2) is 9.50 Å². The Balaban J connectivity index is 1.53. The van der Waals surface area contributed by atoms with Crippen molar-refractivity contribution in [3.05, 3.63) is 41.2 Å². The van der Waals surface area contributed by atoms with Gasteiger partial charge in [0.25, 0.3) is 5.78 Å². The number of fused-ring (bicyclic) bond motifs is 1. The largest absolute Gasteiger partial charge is 0.494 e. The molecule has 0 fully saturated rings. The first kappa shape index (κ1) is 20.9. The average molecular weight is 416 g/mol. The molecular formula is C20H25N5O3S. The molecule has 2 aromatic heterocycles. The molecule has 0 spiro atoms. The molecule has 1 N–H and O–H groups in total. The number of carbonyl (C=O) groups excluding carboxylic acids is 1. The van der Waals surface area contributed by atoms with Gasteiger partial charge in [-0.15, -0.1) is 5.10 Å². The molecule has 0 saturated heterocycles. The van der Waals surface area contributed by atoms with Crippen molar-refractivity contribution in [2.75, 3.05) is 26.0 Å². The second kappa shape index (κ2) is 9.60. The van der Waals surface area contributed by atoms with Crippen molar-refractivity contribution in [1.82, 2.24) is 24.9 Å². The van der Waals surface area contributed by atoms with E-state index in [0.717, 1.165) is 28.5 Å². The lowest BCUT2D eigenvalue weighted by atomic mass is 10.1. The van der Waals surface area contributed by atoms with Crippen LogP contribution in [0.25, 0.3) is 5.78 Å². The molecule has 1 amide bonds. The fourth-order valence-corrected chi connectivity index (χ4v) is 3.25. The third-order valence-corrected chi connectivity index (χ3v) is 4.92. The van der Waals surface area contributed by atoms with Crippen LogP contribution >= 0.6 is 11.8 Å². The summed E-state index contributed by atoms with van der Waals surface area (Å²) < 4.78 is 12.7. The van der Waals surface area contributed by atoms with Gasteiger partial charge in [-0.1, -0.05) is 11.8 Å². The average Bonchev–Trinajstić information content (AvgIpc) is 3.13. The van der Waals surface area contributed by atoms with Gasteiger partial charge in [0.15, 0.2) is 0 Å². The molecule has 0 unspecified atom stereocenters. The molecule has 3 aromatic rings. The normalized spacial score (nSPS) is 10.9. The highest BCUT2D eigenvalue weighted by atomic mass is 32.2. The first-order valence-electron chi connectivity index (χ1n) is 9.41. The fourth-order valence-electron chi connectivity index (χ4n) is 2.91. The molecule has 9 heteroatoms. The number of benzene rings is 1. The Hall–Kier alpha value is -2.81. The van der Waals surface area contributed by atoms with E-state index in [0.29, 0.717) is 30.7 Å². The van der Waals surface area contributed by atoms with Crippen LogP contribution in [-0.4, -0.2) is 51.5 Å². The summed E-state index contributed by atoms with van der Waals surface area (Å²) in [5.74, 6) is 2.01. The van der Waals surface area contributed by atoms with Crippen LogP contribution in [-0.2, 0) is 11.2 Å². The molecule has 154 valence electrons. The van der Waals surface area contributed by atoms with E-state index in [9.17, 15) is 4.79 Å². The molecule has 8 nitrogen and oxygen atoms in total. The number of amides is 1. The monoisotopic (exact) mass is 415 g/mol. The Kier molecular flexibility index (Phi) is 6.92. The summed E-state index contributed by atoms with van der Waals surface area (Å²) >= 11 is 1.46. The molecule has 3 rings (SSSR count). The molecule has 2 heterocycles. The first-order chi connectivity index (χ1) is 14.0. The number of nitrogens with one attached hydrogen (secondary N) is 1. The van der Waals surface area contributed by atoms with Gasteiger partial charge in [-0.2, -0.15) is 4.98 Å². The van der Waals surface area contributed by atoms with Crippen molar-refractivity contribution in [1.29, 1.82) is 0 Å². The van der Waals surface area contributed by atoms with Crippen LogP contribution in [0.3, 0.4) is 0 Å². The number of hydrogen-bond donors (Lipinski definition) is 1. The zero-order chi connectivity index (χ0) is 20.8. The van der Waals surface area contributed by atoms with Gasteiger partial charge in [0.05, 0.1) is 19.6 Å². The lowest BCUT2D eigenvalue weighted by Gasteiger charge is -2.11. The number of thioether (sulfide) groups is 1. The van der Waals surface area contributed by atoms with Crippen molar-refractivity contribution >= 4 is 23.4 Å². The highest BCUT2D eigenvalue weighted by molar-refractivity contribution is 7.98. The Morgan fingerprint density at radius 1 is 1.14 bits per heavy atom. The molecule has 0 bridgehead atoms. The summed E-state index contributed by atoms with van der Waals surface area (Å²) in [6.45, 7) is 7.19. The van der Waals surface area contributed by atoms with E-state index in [1.165, 1.54) is 11.8 Å². The smallest absolute Gasteiger partial charge is 0.253 e. The van der Waals surface area contributed by atoms with Gasteiger partial charge >= 0.3 is 0 Å². The molecule has 0 aliphatic heterocycles. The molecule has 0 saturated carbocycles. The van der Waals surface area contributed by atoms with Crippen molar-refractivity contribution in [2.24, 2.45) is 0 Å². The summed E-state index contributed by atoms with van der Waals surface area (Å²) in [6, 6.07) is 7.42. The van der Waals surface area contributed by atoms with Crippen LogP contribution < -0.4 is 14.8 Å². The van der Waals surface area contributed by atoms with E-state index in [1.54, 1.807) is 4.52 Å². The summed E-state index contributed by atoms with van der Waals surface area (Å²) in [5.41, 5.74) is 2.52. The van der Waals surface area contributed by atoms with Crippen molar-refractivity contribution in [3.8, 4) is 11.5 Å². The minimum atomic E-state index is -0.0853. The van der Waals surface area contributed by atoms with Crippen LogP contribution in [0.2, 0.25) is 0 Å². The maximum Gasteiger partial charge on any atom is 0.253 e.